The summed E-state index contributed by atoms with van der Waals surface area (Å²) in [7, 11) is 0. The Kier molecular flexibility index (Phi) is 1.92. The Hall–Kier alpha value is 0.730. The minimum atomic E-state index is 1.12. The van der Waals surface area contributed by atoms with E-state index in [1.807, 2.05) is 0 Å². The lowest BCUT2D eigenvalue weighted by Crippen LogP contribution is -2.45. The normalized spacial score (nSPS) is 56.2. The van der Waals surface area contributed by atoms with E-state index in [2.05, 4.69) is 22.6 Å². The van der Waals surface area contributed by atoms with Crippen molar-refractivity contribution in [3.05, 3.63) is 0 Å². The van der Waals surface area contributed by atoms with Crippen molar-refractivity contribution in [1.29, 1.82) is 0 Å². The van der Waals surface area contributed by atoms with Crippen LogP contribution in [0.15, 0.2) is 0 Å². The smallest absolute Gasteiger partial charge is 0.00290 e. The number of hydrogen-bond acceptors (Lipinski definition) is 0. The first-order valence-electron chi connectivity index (χ1n) is 5.42. The van der Waals surface area contributed by atoms with Crippen LogP contribution in [0.4, 0.5) is 0 Å². The van der Waals surface area contributed by atoms with Crippen molar-refractivity contribution < 1.29 is 0 Å². The summed E-state index contributed by atoms with van der Waals surface area (Å²) in [5, 5.41) is 0. The first kappa shape index (κ1) is 8.07. The molecule has 12 heavy (non-hydrogen) atoms. The number of halogens is 1. The highest BCUT2D eigenvalue weighted by atomic mass is 127. The summed E-state index contributed by atoms with van der Waals surface area (Å²) in [6.45, 7) is 0. The molecule has 0 radical (unpaired) electrons. The van der Waals surface area contributed by atoms with Gasteiger partial charge in [-0.2, -0.15) is 0 Å². The van der Waals surface area contributed by atoms with Crippen molar-refractivity contribution in [2.45, 2.75) is 32.1 Å². The van der Waals surface area contributed by atoms with Crippen molar-refractivity contribution in [2.24, 2.45) is 29.6 Å². The van der Waals surface area contributed by atoms with Crippen molar-refractivity contribution in [1.82, 2.24) is 0 Å². The van der Waals surface area contributed by atoms with Crippen LogP contribution in [0.25, 0.3) is 0 Å². The first-order valence-corrected chi connectivity index (χ1v) is 6.95. The molecule has 4 aliphatic rings. The van der Waals surface area contributed by atoms with E-state index < -0.39 is 0 Å². The Labute approximate surface area is 88.6 Å². The molecule has 0 spiro atoms. The second-order valence-corrected chi connectivity index (χ2v) is 6.13. The molecule has 0 unspecified atom stereocenters. The van der Waals surface area contributed by atoms with E-state index in [9.17, 15) is 0 Å². The maximum absolute atomic E-state index is 2.62. The van der Waals surface area contributed by atoms with Crippen LogP contribution in [0.1, 0.15) is 32.1 Å². The zero-order valence-electron chi connectivity index (χ0n) is 7.51. The average molecular weight is 276 g/mol. The van der Waals surface area contributed by atoms with Gasteiger partial charge < -0.3 is 0 Å². The number of hydrogen-bond donors (Lipinski definition) is 0. The molecule has 0 atom stereocenters. The molecular weight excluding hydrogens is 259 g/mol. The molecule has 68 valence electrons. The van der Waals surface area contributed by atoms with Gasteiger partial charge in [0.05, 0.1) is 0 Å². The summed E-state index contributed by atoms with van der Waals surface area (Å²) in [6, 6.07) is 0. The predicted molar refractivity (Wildman–Crippen MR) is 59.4 cm³/mol. The fraction of sp³-hybridized carbons (Fsp3) is 1.00. The fourth-order valence-electron chi connectivity index (χ4n) is 4.29. The molecule has 0 nitrogen and oxygen atoms in total. The highest BCUT2D eigenvalue weighted by molar-refractivity contribution is 14.1. The van der Waals surface area contributed by atoms with E-state index in [1.54, 1.807) is 32.1 Å². The Morgan fingerprint density at radius 3 is 1.75 bits per heavy atom. The van der Waals surface area contributed by atoms with Gasteiger partial charge in [0.15, 0.2) is 0 Å². The fourth-order valence-corrected chi connectivity index (χ4v) is 5.73. The van der Waals surface area contributed by atoms with Gasteiger partial charge in [0.2, 0.25) is 0 Å². The van der Waals surface area contributed by atoms with Crippen molar-refractivity contribution >= 4 is 22.6 Å². The molecule has 0 N–H and O–H groups in total. The standard InChI is InChI=1S/C11H17I/c12-6-11-9-2-7-1-8(4-9)5-10(11)3-7/h7-11H,1-6H2. The lowest BCUT2D eigenvalue weighted by Gasteiger charge is -2.54. The molecular formula is C11H17I. The molecule has 4 saturated carbocycles. The predicted octanol–water partition coefficient (Wildman–Crippen LogP) is 3.49. The van der Waals surface area contributed by atoms with Crippen LogP contribution in [-0.2, 0) is 0 Å². The van der Waals surface area contributed by atoms with Gasteiger partial charge in [-0.3, -0.25) is 0 Å². The largest absolute Gasteiger partial charge is 0.0861 e. The molecule has 4 aliphatic carbocycles. The second-order valence-electron chi connectivity index (χ2n) is 5.25. The van der Waals surface area contributed by atoms with E-state index >= 15 is 0 Å². The summed E-state index contributed by atoms with van der Waals surface area (Å²) in [4.78, 5) is 0. The minimum Gasteiger partial charge on any atom is -0.0861 e. The highest BCUT2D eigenvalue weighted by Crippen LogP contribution is 2.56. The number of alkyl halides is 1. The highest BCUT2D eigenvalue weighted by Gasteiger charge is 2.47. The van der Waals surface area contributed by atoms with E-state index in [-0.39, 0.29) is 0 Å². The molecule has 0 heterocycles. The van der Waals surface area contributed by atoms with E-state index in [1.165, 1.54) is 4.43 Å². The van der Waals surface area contributed by atoms with Gasteiger partial charge in [0, 0.05) is 4.43 Å². The molecule has 4 fully saturated rings. The molecule has 0 aromatic carbocycles. The van der Waals surface area contributed by atoms with Crippen LogP contribution in [0.2, 0.25) is 0 Å². The quantitative estimate of drug-likeness (QED) is 0.508. The van der Waals surface area contributed by atoms with Crippen LogP contribution in [0.5, 0.6) is 0 Å². The summed E-state index contributed by atoms with van der Waals surface area (Å²) >= 11 is 2.62. The average Bonchev–Trinajstić information content (AvgIpc) is 2.02. The van der Waals surface area contributed by atoms with E-state index in [4.69, 9.17) is 0 Å². The summed E-state index contributed by atoms with van der Waals surface area (Å²) in [6.07, 6.45) is 7.99. The van der Waals surface area contributed by atoms with E-state index in [0.717, 1.165) is 29.6 Å². The summed E-state index contributed by atoms with van der Waals surface area (Å²) < 4.78 is 1.44. The first-order chi connectivity index (χ1) is 5.86. The number of rotatable bonds is 1. The summed E-state index contributed by atoms with van der Waals surface area (Å²) in [5.74, 6) is 5.74. The third kappa shape index (κ3) is 1.08. The molecule has 0 aromatic rings. The molecule has 4 rings (SSSR count). The van der Waals surface area contributed by atoms with Crippen LogP contribution in [-0.4, -0.2) is 4.43 Å². The maximum Gasteiger partial charge on any atom is 0.00290 e. The zero-order chi connectivity index (χ0) is 8.13. The van der Waals surface area contributed by atoms with Crippen LogP contribution in [0.3, 0.4) is 0 Å². The lowest BCUT2D eigenvalue weighted by molar-refractivity contribution is -0.0249. The van der Waals surface area contributed by atoms with Gasteiger partial charge >= 0.3 is 0 Å². The Morgan fingerprint density at radius 2 is 1.33 bits per heavy atom. The van der Waals surface area contributed by atoms with Crippen molar-refractivity contribution in [3.8, 4) is 0 Å². The van der Waals surface area contributed by atoms with Crippen molar-refractivity contribution in [3.63, 3.8) is 0 Å². The molecule has 0 aromatic heterocycles. The van der Waals surface area contributed by atoms with Gasteiger partial charge in [-0.1, -0.05) is 22.6 Å². The Morgan fingerprint density at radius 1 is 0.833 bits per heavy atom. The zero-order valence-corrected chi connectivity index (χ0v) is 9.66. The molecule has 0 saturated heterocycles. The van der Waals surface area contributed by atoms with Crippen LogP contribution < -0.4 is 0 Å². The van der Waals surface area contributed by atoms with Crippen molar-refractivity contribution in [2.75, 3.05) is 4.43 Å². The molecule has 0 aliphatic heterocycles. The van der Waals surface area contributed by atoms with Gasteiger partial charge in [-0.05, 0) is 61.7 Å². The van der Waals surface area contributed by atoms with Gasteiger partial charge in [-0.25, -0.2) is 0 Å². The second kappa shape index (κ2) is 2.86. The molecule has 4 bridgehead atoms. The molecule has 0 amide bonds. The third-order valence-corrected chi connectivity index (χ3v) is 5.62. The third-order valence-electron chi connectivity index (χ3n) is 4.60. The minimum absolute atomic E-state index is 1.12. The van der Waals surface area contributed by atoms with Crippen LogP contribution >= 0.6 is 22.6 Å². The topological polar surface area (TPSA) is 0 Å². The monoisotopic (exact) mass is 276 g/mol. The van der Waals surface area contributed by atoms with Gasteiger partial charge in [0.1, 0.15) is 0 Å². The Balaban J connectivity index is 1.86. The van der Waals surface area contributed by atoms with E-state index in [0.29, 0.717) is 0 Å². The van der Waals surface area contributed by atoms with Gasteiger partial charge in [0.25, 0.3) is 0 Å². The SMILES string of the molecule is ICC1C2CC3CC(C2)CC1C3. The maximum atomic E-state index is 2.62. The lowest BCUT2D eigenvalue weighted by atomic mass is 9.52. The Bertz CT molecular complexity index is 159. The molecule has 1 heteroatoms. The van der Waals surface area contributed by atoms with Crippen LogP contribution in [0, 0.1) is 29.6 Å². The van der Waals surface area contributed by atoms with Gasteiger partial charge in [-0.15, -0.1) is 0 Å². The summed E-state index contributed by atoms with van der Waals surface area (Å²) in [5.41, 5.74) is 0.